The van der Waals surface area contributed by atoms with Gasteiger partial charge in [-0.2, -0.15) is 0 Å². The van der Waals surface area contributed by atoms with Crippen molar-refractivity contribution in [3.63, 3.8) is 0 Å². The number of nitrogens with zero attached hydrogens (tertiary/aromatic N) is 1. The van der Waals surface area contributed by atoms with E-state index in [4.69, 9.17) is 14.2 Å². The third-order valence-electron chi connectivity index (χ3n) is 3.81. The Balaban J connectivity index is 1.56. The van der Waals surface area contributed by atoms with Gasteiger partial charge in [-0.05, 0) is 36.4 Å². The first-order valence-corrected chi connectivity index (χ1v) is 9.28. The van der Waals surface area contributed by atoms with E-state index in [2.05, 4.69) is 10.3 Å². The summed E-state index contributed by atoms with van der Waals surface area (Å²) in [6, 6.07) is 10.6. The number of esters is 1. The second-order valence-corrected chi connectivity index (χ2v) is 6.60. The maximum Gasteiger partial charge on any atom is 0.358 e. The molecule has 0 aliphatic heterocycles. The van der Waals surface area contributed by atoms with Crippen molar-refractivity contribution in [2.24, 2.45) is 0 Å². The van der Waals surface area contributed by atoms with Gasteiger partial charge in [0.25, 0.3) is 5.91 Å². The van der Waals surface area contributed by atoms with Crippen LogP contribution < -0.4 is 14.8 Å². The highest BCUT2D eigenvalue weighted by atomic mass is 32.1. The predicted molar refractivity (Wildman–Crippen MR) is 106 cm³/mol. The van der Waals surface area contributed by atoms with Gasteiger partial charge < -0.3 is 19.5 Å². The largest absolute Gasteiger partial charge is 0.493 e. The average molecular weight is 416 g/mol. The third kappa shape index (κ3) is 5.08. The van der Waals surface area contributed by atoms with E-state index >= 15 is 0 Å². The number of hydrogen-bond donors (Lipinski definition) is 1. The minimum Gasteiger partial charge on any atom is -0.493 e. The average Bonchev–Trinajstić information content (AvgIpc) is 3.22. The lowest BCUT2D eigenvalue weighted by molar-refractivity contribution is -0.119. The molecule has 0 unspecified atom stereocenters. The van der Waals surface area contributed by atoms with E-state index < -0.39 is 18.5 Å². The van der Waals surface area contributed by atoms with Crippen molar-refractivity contribution in [1.82, 2.24) is 4.98 Å². The molecule has 0 saturated carbocycles. The van der Waals surface area contributed by atoms with Crippen LogP contribution in [0.3, 0.4) is 0 Å². The molecule has 3 aromatic rings. The highest BCUT2D eigenvalue weighted by Gasteiger charge is 2.15. The van der Waals surface area contributed by atoms with Crippen LogP contribution in [0, 0.1) is 5.82 Å². The molecule has 1 amide bonds. The van der Waals surface area contributed by atoms with E-state index in [0.717, 1.165) is 0 Å². The number of hydrogen-bond acceptors (Lipinski definition) is 7. The number of ether oxygens (including phenoxy) is 3. The third-order valence-corrected chi connectivity index (χ3v) is 4.70. The number of nitrogens with one attached hydrogen (secondary N) is 1. The van der Waals surface area contributed by atoms with Crippen LogP contribution in [-0.2, 0) is 9.53 Å². The van der Waals surface area contributed by atoms with Gasteiger partial charge in [0.05, 0.1) is 14.2 Å². The van der Waals surface area contributed by atoms with Crippen LogP contribution in [0.5, 0.6) is 11.5 Å². The summed E-state index contributed by atoms with van der Waals surface area (Å²) in [6.45, 7) is -0.476. The molecule has 0 radical (unpaired) electrons. The number of carbonyl (C=O) groups excluding carboxylic acids is 2. The van der Waals surface area contributed by atoms with Gasteiger partial charge in [0, 0.05) is 22.7 Å². The fraction of sp³-hybridized carbons (Fsp3) is 0.150. The highest BCUT2D eigenvalue weighted by Crippen LogP contribution is 2.29. The number of anilines is 1. The Kier molecular flexibility index (Phi) is 6.40. The molecule has 0 aliphatic rings. The highest BCUT2D eigenvalue weighted by molar-refractivity contribution is 7.13. The van der Waals surface area contributed by atoms with Crippen LogP contribution in [0.2, 0.25) is 0 Å². The van der Waals surface area contributed by atoms with Crippen molar-refractivity contribution in [2.75, 3.05) is 26.1 Å². The Bertz CT molecular complexity index is 1020. The normalized spacial score (nSPS) is 10.3. The number of aromatic nitrogens is 1. The molecule has 0 spiro atoms. The van der Waals surface area contributed by atoms with Crippen LogP contribution in [-0.4, -0.2) is 37.7 Å². The molecule has 3 rings (SSSR count). The van der Waals surface area contributed by atoms with E-state index in [1.54, 1.807) is 30.3 Å². The zero-order chi connectivity index (χ0) is 20.8. The first-order chi connectivity index (χ1) is 14.0. The molecule has 0 saturated heterocycles. The number of benzene rings is 2. The van der Waals surface area contributed by atoms with Gasteiger partial charge in [0.2, 0.25) is 0 Å². The number of amides is 1. The summed E-state index contributed by atoms with van der Waals surface area (Å²) in [4.78, 5) is 28.4. The Morgan fingerprint density at radius 2 is 1.79 bits per heavy atom. The molecule has 0 bridgehead atoms. The van der Waals surface area contributed by atoms with Gasteiger partial charge in [0.15, 0.2) is 23.8 Å². The van der Waals surface area contributed by atoms with Gasteiger partial charge >= 0.3 is 5.97 Å². The van der Waals surface area contributed by atoms with Crippen LogP contribution >= 0.6 is 11.3 Å². The van der Waals surface area contributed by atoms with E-state index in [1.807, 2.05) is 0 Å². The molecule has 7 nitrogen and oxygen atoms in total. The minimum atomic E-state index is -0.725. The zero-order valence-electron chi connectivity index (χ0n) is 15.6. The van der Waals surface area contributed by atoms with E-state index in [9.17, 15) is 14.0 Å². The number of thiazole rings is 1. The molecule has 0 atom stereocenters. The molecule has 2 aromatic carbocycles. The molecule has 1 aromatic heterocycles. The SMILES string of the molecule is COc1ccc(NC(=O)COC(=O)c2csc(-c3ccc(F)cc3)n2)cc1OC. The van der Waals surface area contributed by atoms with Gasteiger partial charge in [-0.1, -0.05) is 0 Å². The number of methoxy groups -OCH3 is 2. The maximum atomic E-state index is 13.0. The quantitative estimate of drug-likeness (QED) is 0.590. The molecule has 150 valence electrons. The van der Waals surface area contributed by atoms with Crippen molar-refractivity contribution in [1.29, 1.82) is 0 Å². The minimum absolute atomic E-state index is 0.0771. The van der Waals surface area contributed by atoms with Crippen molar-refractivity contribution in [3.05, 3.63) is 59.4 Å². The zero-order valence-corrected chi connectivity index (χ0v) is 16.4. The molecule has 9 heteroatoms. The summed E-state index contributed by atoms with van der Waals surface area (Å²) >= 11 is 1.22. The monoisotopic (exact) mass is 416 g/mol. The smallest absolute Gasteiger partial charge is 0.358 e. The van der Waals surface area contributed by atoms with E-state index in [0.29, 0.717) is 27.8 Å². The summed E-state index contributed by atoms with van der Waals surface area (Å²) in [5.74, 6) is -0.613. The second kappa shape index (κ2) is 9.16. The van der Waals surface area contributed by atoms with Gasteiger partial charge in [-0.15, -0.1) is 11.3 Å². The summed E-state index contributed by atoms with van der Waals surface area (Å²) in [5, 5.41) is 4.68. The van der Waals surface area contributed by atoms with Crippen molar-refractivity contribution in [3.8, 4) is 22.1 Å². The number of rotatable bonds is 7. The Labute approximate surface area is 170 Å². The van der Waals surface area contributed by atoms with Crippen LogP contribution in [0.4, 0.5) is 10.1 Å². The fourth-order valence-electron chi connectivity index (χ4n) is 2.41. The summed E-state index contributed by atoms with van der Waals surface area (Å²) in [6.07, 6.45) is 0. The lowest BCUT2D eigenvalue weighted by Crippen LogP contribution is -2.21. The first-order valence-electron chi connectivity index (χ1n) is 8.40. The van der Waals surface area contributed by atoms with Crippen molar-refractivity contribution in [2.45, 2.75) is 0 Å². The fourth-order valence-corrected chi connectivity index (χ4v) is 3.20. The van der Waals surface area contributed by atoms with E-state index in [1.165, 1.54) is 43.1 Å². The Morgan fingerprint density at radius 1 is 1.07 bits per heavy atom. The first kappa shape index (κ1) is 20.3. The summed E-state index contributed by atoms with van der Waals surface area (Å²) in [7, 11) is 2.99. The molecule has 0 fully saturated rings. The molecule has 1 heterocycles. The van der Waals surface area contributed by atoms with Crippen molar-refractivity contribution >= 4 is 28.9 Å². The van der Waals surface area contributed by atoms with Crippen LogP contribution in [0.15, 0.2) is 47.8 Å². The summed E-state index contributed by atoms with van der Waals surface area (Å²) in [5.41, 5.74) is 1.23. The predicted octanol–water partition coefficient (Wildman–Crippen LogP) is 3.76. The summed E-state index contributed by atoms with van der Waals surface area (Å²) < 4.78 is 28.3. The number of halogens is 1. The maximum absolute atomic E-state index is 13.0. The molecule has 1 N–H and O–H groups in total. The Morgan fingerprint density at radius 3 is 2.48 bits per heavy atom. The topological polar surface area (TPSA) is 86.8 Å². The molecule has 29 heavy (non-hydrogen) atoms. The van der Waals surface area contributed by atoms with Crippen molar-refractivity contribution < 1.29 is 28.2 Å². The second-order valence-electron chi connectivity index (χ2n) is 5.74. The van der Waals surface area contributed by atoms with Gasteiger partial charge in [0.1, 0.15) is 10.8 Å². The molecule has 0 aliphatic carbocycles. The molecular weight excluding hydrogens is 399 g/mol. The Hall–Kier alpha value is -3.46. The molecular formula is C20H17FN2O5S. The van der Waals surface area contributed by atoms with Gasteiger partial charge in [-0.25, -0.2) is 14.2 Å². The lowest BCUT2D eigenvalue weighted by atomic mass is 10.2. The number of carbonyl (C=O) groups is 2. The lowest BCUT2D eigenvalue weighted by Gasteiger charge is -2.10. The standard InChI is InChI=1S/C20H17FN2O5S/c1-26-16-8-7-14(9-17(16)27-2)22-18(24)10-28-20(25)15-11-29-19(23-15)12-3-5-13(21)6-4-12/h3-9,11H,10H2,1-2H3,(H,22,24). The van der Waals surface area contributed by atoms with Crippen LogP contribution in [0.25, 0.3) is 10.6 Å². The van der Waals surface area contributed by atoms with Crippen LogP contribution in [0.1, 0.15) is 10.5 Å². The van der Waals surface area contributed by atoms with E-state index in [-0.39, 0.29) is 11.5 Å². The van der Waals surface area contributed by atoms with Gasteiger partial charge in [-0.3, -0.25) is 4.79 Å².